The molecule has 0 spiro atoms. The van der Waals surface area contributed by atoms with Crippen LogP contribution in [0, 0.1) is 5.82 Å². The lowest BCUT2D eigenvalue weighted by atomic mass is 9.86. The first-order valence-corrected chi connectivity index (χ1v) is 12.1. The lowest BCUT2D eigenvalue weighted by Gasteiger charge is -2.49. The summed E-state index contributed by atoms with van der Waals surface area (Å²) in [6, 6.07) is 7.62. The van der Waals surface area contributed by atoms with Gasteiger partial charge in [0.15, 0.2) is 0 Å². The summed E-state index contributed by atoms with van der Waals surface area (Å²) in [4.78, 5) is 42.4. The maximum Gasteiger partial charge on any atom is 0.264 e. The molecule has 1 saturated heterocycles. The van der Waals surface area contributed by atoms with Gasteiger partial charge in [0.2, 0.25) is 0 Å². The maximum atomic E-state index is 13.7. The predicted octanol–water partition coefficient (Wildman–Crippen LogP) is 7.50. The fourth-order valence-corrected chi connectivity index (χ4v) is 5.83. The summed E-state index contributed by atoms with van der Waals surface area (Å²) in [6.45, 7) is 0. The highest BCUT2D eigenvalue weighted by molar-refractivity contribution is 6.55. The number of amides is 3. The van der Waals surface area contributed by atoms with Gasteiger partial charge in [-0.3, -0.25) is 19.3 Å². The number of hydrogen-bond acceptors (Lipinski definition) is 3. The summed E-state index contributed by atoms with van der Waals surface area (Å²) in [5.41, 5.74) is 0.297. The van der Waals surface area contributed by atoms with Crippen molar-refractivity contribution in [1.29, 1.82) is 0 Å². The van der Waals surface area contributed by atoms with Crippen LogP contribution in [-0.2, 0) is 4.79 Å². The van der Waals surface area contributed by atoms with Crippen LogP contribution >= 0.6 is 69.6 Å². The molecule has 3 aromatic carbocycles. The second-order valence-corrected chi connectivity index (χ2v) is 10.1. The van der Waals surface area contributed by atoms with Gasteiger partial charge in [0.25, 0.3) is 17.7 Å². The number of anilines is 1. The van der Waals surface area contributed by atoms with Crippen LogP contribution in [0.15, 0.2) is 42.5 Å². The summed E-state index contributed by atoms with van der Waals surface area (Å²) in [5.74, 6) is -2.82. The normalized spacial score (nSPS) is 19.3. The number of rotatable bonds is 3. The number of imide groups is 1. The molecule has 0 radical (unpaired) electrons. The number of β-lactam (4-membered cyclic amide) rings is 1. The minimum Gasteiger partial charge on any atom is -0.300 e. The van der Waals surface area contributed by atoms with Crippen molar-refractivity contribution < 1.29 is 18.8 Å². The SMILES string of the molecule is O=C1c2c(Cl)c(Cl)c(Cl)c(Cl)c2C(=O)N1[C@@H]1C(=O)N(c2cc(Cl)cc(Cl)c2)[C@@H]1c1ccc(F)cc1. The number of carbonyl (C=O) groups is 3. The lowest BCUT2D eigenvalue weighted by molar-refractivity contribution is -0.130. The molecular formula is C23H9Cl6FN2O3. The topological polar surface area (TPSA) is 57.7 Å². The van der Waals surface area contributed by atoms with Crippen LogP contribution in [0.1, 0.15) is 32.3 Å². The summed E-state index contributed by atoms with van der Waals surface area (Å²) < 4.78 is 13.7. The van der Waals surface area contributed by atoms with Crippen LogP contribution in [0.5, 0.6) is 0 Å². The molecule has 35 heavy (non-hydrogen) atoms. The second-order valence-electron chi connectivity index (χ2n) is 7.76. The number of nitrogens with zero attached hydrogens (tertiary/aromatic N) is 2. The van der Waals surface area contributed by atoms with Crippen LogP contribution in [0.2, 0.25) is 30.1 Å². The zero-order valence-corrected chi connectivity index (χ0v) is 21.5. The van der Waals surface area contributed by atoms with E-state index in [4.69, 9.17) is 69.6 Å². The molecule has 1 fully saturated rings. The van der Waals surface area contributed by atoms with E-state index in [0.29, 0.717) is 11.3 Å². The van der Waals surface area contributed by atoms with Gasteiger partial charge in [0.1, 0.15) is 11.9 Å². The molecule has 2 atom stereocenters. The van der Waals surface area contributed by atoms with Crippen molar-refractivity contribution in [1.82, 2.24) is 4.90 Å². The molecule has 0 N–H and O–H groups in total. The molecular weight excluding hydrogens is 584 g/mol. The average Bonchev–Trinajstić information content (AvgIpc) is 3.05. The first kappa shape index (κ1) is 24.6. The van der Waals surface area contributed by atoms with Crippen molar-refractivity contribution in [3.63, 3.8) is 0 Å². The standard InChI is InChI=1S/C23H9Cl6FN2O3/c24-9-5-10(25)7-12(6-9)31-19(8-1-3-11(30)4-2-8)20(23(31)35)32-21(33)13-14(22(32)34)16(27)18(29)17(28)15(13)26/h1-7,19-20H/t19-,20+/m1/s1. The highest BCUT2D eigenvalue weighted by Gasteiger charge is 2.58. The van der Waals surface area contributed by atoms with Crippen molar-refractivity contribution in [3.05, 3.63) is 95.1 Å². The predicted molar refractivity (Wildman–Crippen MR) is 134 cm³/mol. The first-order valence-electron chi connectivity index (χ1n) is 9.81. The third-order valence-electron chi connectivity index (χ3n) is 5.82. The van der Waals surface area contributed by atoms with Crippen LogP contribution < -0.4 is 4.90 Å². The van der Waals surface area contributed by atoms with Gasteiger partial charge in [-0.05, 0) is 35.9 Å². The van der Waals surface area contributed by atoms with Crippen molar-refractivity contribution in [3.8, 4) is 0 Å². The molecule has 5 rings (SSSR count). The molecule has 0 aromatic heterocycles. The van der Waals surface area contributed by atoms with E-state index in [1.165, 1.54) is 47.4 Å². The molecule has 0 saturated carbocycles. The quantitative estimate of drug-likeness (QED) is 0.137. The summed E-state index contributed by atoms with van der Waals surface area (Å²) in [5, 5.41) is -0.341. The number of fused-ring (bicyclic) bond motifs is 1. The average molecular weight is 593 g/mol. The van der Waals surface area contributed by atoms with E-state index in [2.05, 4.69) is 0 Å². The van der Waals surface area contributed by atoms with Gasteiger partial charge < -0.3 is 4.90 Å². The Morgan fingerprint density at radius 1 is 0.629 bits per heavy atom. The number of hydrogen-bond donors (Lipinski definition) is 0. The van der Waals surface area contributed by atoms with Crippen LogP contribution in [0.25, 0.3) is 0 Å². The molecule has 2 aliphatic heterocycles. The van der Waals surface area contributed by atoms with E-state index < -0.39 is 35.6 Å². The Kier molecular flexibility index (Phi) is 6.19. The van der Waals surface area contributed by atoms with Gasteiger partial charge in [-0.2, -0.15) is 0 Å². The van der Waals surface area contributed by atoms with Gasteiger partial charge in [-0.1, -0.05) is 81.7 Å². The minimum atomic E-state index is -1.30. The first-order chi connectivity index (χ1) is 16.5. The van der Waals surface area contributed by atoms with Crippen LogP contribution in [0.4, 0.5) is 10.1 Å². The van der Waals surface area contributed by atoms with E-state index >= 15 is 0 Å². The molecule has 3 aromatic rings. The van der Waals surface area contributed by atoms with Crippen LogP contribution in [-0.4, -0.2) is 28.7 Å². The highest BCUT2D eigenvalue weighted by Crippen LogP contribution is 2.49. The van der Waals surface area contributed by atoms with E-state index in [1.807, 2.05) is 0 Å². The smallest absolute Gasteiger partial charge is 0.264 e. The Morgan fingerprint density at radius 3 is 1.60 bits per heavy atom. The van der Waals surface area contributed by atoms with E-state index in [-0.39, 0.29) is 41.3 Å². The second kappa shape index (κ2) is 8.80. The van der Waals surface area contributed by atoms with Crippen LogP contribution in [0.3, 0.4) is 0 Å². The molecule has 2 heterocycles. The number of benzene rings is 3. The van der Waals surface area contributed by atoms with E-state index in [0.717, 1.165) is 4.90 Å². The Labute approximate surface area is 227 Å². The van der Waals surface area contributed by atoms with Gasteiger partial charge >= 0.3 is 0 Å². The van der Waals surface area contributed by atoms with E-state index in [1.54, 1.807) is 0 Å². The summed E-state index contributed by atoms with van der Waals surface area (Å²) in [6.07, 6.45) is 0. The number of carbonyl (C=O) groups excluding carboxylic acids is 3. The molecule has 0 aliphatic carbocycles. The fourth-order valence-electron chi connectivity index (χ4n) is 4.30. The minimum absolute atomic E-state index is 0.190. The third kappa shape index (κ3) is 3.70. The van der Waals surface area contributed by atoms with Gasteiger partial charge in [0, 0.05) is 15.7 Å². The zero-order valence-electron chi connectivity index (χ0n) is 17.0. The Morgan fingerprint density at radius 2 is 1.11 bits per heavy atom. The Bertz CT molecular complexity index is 1400. The monoisotopic (exact) mass is 590 g/mol. The lowest BCUT2D eigenvalue weighted by Crippen LogP contribution is -2.67. The molecule has 178 valence electrons. The number of halogens is 7. The van der Waals surface area contributed by atoms with Gasteiger partial charge in [0.05, 0.1) is 37.3 Å². The molecule has 0 bridgehead atoms. The molecule has 12 heteroatoms. The Balaban J connectivity index is 1.64. The highest BCUT2D eigenvalue weighted by atomic mass is 35.5. The third-order valence-corrected chi connectivity index (χ3v) is 8.05. The van der Waals surface area contributed by atoms with E-state index in [9.17, 15) is 18.8 Å². The molecule has 0 unspecified atom stereocenters. The largest absolute Gasteiger partial charge is 0.300 e. The molecule has 3 amide bonds. The summed E-state index contributed by atoms with van der Waals surface area (Å²) in [7, 11) is 0. The maximum absolute atomic E-state index is 13.7. The zero-order chi connectivity index (χ0) is 25.3. The van der Waals surface area contributed by atoms with Gasteiger partial charge in [-0.15, -0.1) is 0 Å². The van der Waals surface area contributed by atoms with Crippen molar-refractivity contribution >= 4 is 93.0 Å². The van der Waals surface area contributed by atoms with Gasteiger partial charge in [-0.25, -0.2) is 4.39 Å². The van der Waals surface area contributed by atoms with Crippen molar-refractivity contribution in [2.75, 3.05) is 4.90 Å². The Hall–Kier alpha value is -2.06. The summed E-state index contributed by atoms with van der Waals surface area (Å²) >= 11 is 36.9. The fraction of sp³-hybridized carbons (Fsp3) is 0.0870. The van der Waals surface area contributed by atoms with Crippen molar-refractivity contribution in [2.24, 2.45) is 0 Å². The van der Waals surface area contributed by atoms with Crippen molar-refractivity contribution in [2.45, 2.75) is 12.1 Å². The molecule has 2 aliphatic rings. The molecule has 5 nitrogen and oxygen atoms in total.